The van der Waals surface area contributed by atoms with Crippen LogP contribution in [0.15, 0.2) is 30.5 Å². The van der Waals surface area contributed by atoms with Crippen LogP contribution in [0.3, 0.4) is 0 Å². The fourth-order valence-electron chi connectivity index (χ4n) is 6.05. The van der Waals surface area contributed by atoms with Crippen molar-refractivity contribution in [3.63, 3.8) is 0 Å². The Bertz CT molecular complexity index is 1600. The number of carboxylic acid groups (broad SMARTS) is 1. The molecule has 2 N–H and O–H groups in total. The van der Waals surface area contributed by atoms with Gasteiger partial charge in [-0.15, -0.1) is 11.3 Å². The fraction of sp³-hybridized carbons (Fsp3) is 0.483. The number of amides is 1. The summed E-state index contributed by atoms with van der Waals surface area (Å²) in [6.45, 7) is 6.68. The number of H-pyrrole nitrogens is 1. The van der Waals surface area contributed by atoms with Gasteiger partial charge in [-0.25, -0.2) is 9.97 Å². The van der Waals surface area contributed by atoms with E-state index in [-0.39, 0.29) is 12.3 Å². The van der Waals surface area contributed by atoms with Crippen molar-refractivity contribution in [2.75, 3.05) is 57.4 Å². The molecule has 1 saturated carbocycles. The number of aliphatic carboxylic acids is 1. The summed E-state index contributed by atoms with van der Waals surface area (Å²) in [6.07, 6.45) is 3.96. The molecule has 2 saturated heterocycles. The molecule has 41 heavy (non-hydrogen) atoms. The molecule has 0 unspecified atom stereocenters. The van der Waals surface area contributed by atoms with E-state index in [4.69, 9.17) is 19.8 Å². The van der Waals surface area contributed by atoms with Crippen LogP contribution in [0.25, 0.3) is 32.5 Å². The molecule has 7 rings (SSSR count). The maximum atomic E-state index is 13.2. The van der Waals surface area contributed by atoms with E-state index in [2.05, 4.69) is 26.1 Å². The Kier molecular flexibility index (Phi) is 6.84. The third-order valence-electron chi connectivity index (χ3n) is 8.60. The van der Waals surface area contributed by atoms with Gasteiger partial charge < -0.3 is 19.6 Å². The number of nitrogens with one attached hydrogen (secondary N) is 1. The molecular weight excluding hydrogens is 542 g/mol. The lowest BCUT2D eigenvalue weighted by atomic mass is 9.98. The van der Waals surface area contributed by atoms with Gasteiger partial charge >= 0.3 is 5.97 Å². The number of aromatic amines is 1. The Hall–Kier alpha value is -3.61. The van der Waals surface area contributed by atoms with E-state index in [0.29, 0.717) is 38.5 Å². The molecule has 0 radical (unpaired) electrons. The van der Waals surface area contributed by atoms with Crippen LogP contribution >= 0.6 is 11.3 Å². The minimum atomic E-state index is -0.829. The summed E-state index contributed by atoms with van der Waals surface area (Å²) >= 11 is 1.75. The average molecular weight is 576 g/mol. The van der Waals surface area contributed by atoms with Crippen molar-refractivity contribution in [3.05, 3.63) is 35.3 Å². The van der Waals surface area contributed by atoms with Gasteiger partial charge in [0.05, 0.1) is 40.6 Å². The Morgan fingerprint density at radius 2 is 1.88 bits per heavy atom. The number of nitrogens with zero attached hydrogens (tertiary/aromatic N) is 6. The fourth-order valence-corrected chi connectivity index (χ4v) is 7.20. The number of ether oxygens (including phenoxy) is 1. The van der Waals surface area contributed by atoms with Gasteiger partial charge in [0.15, 0.2) is 11.6 Å². The normalized spacial score (nSPS) is 19.2. The van der Waals surface area contributed by atoms with Crippen LogP contribution in [0.5, 0.6) is 0 Å². The molecule has 2 aliphatic heterocycles. The van der Waals surface area contributed by atoms with Crippen molar-refractivity contribution in [1.29, 1.82) is 0 Å². The van der Waals surface area contributed by atoms with E-state index < -0.39 is 11.4 Å². The van der Waals surface area contributed by atoms with E-state index in [9.17, 15) is 9.59 Å². The second-order valence-corrected chi connectivity index (χ2v) is 12.4. The molecule has 0 bridgehead atoms. The first-order valence-corrected chi connectivity index (χ1v) is 15.1. The van der Waals surface area contributed by atoms with Gasteiger partial charge in [0, 0.05) is 68.1 Å². The van der Waals surface area contributed by atoms with Crippen LogP contribution < -0.4 is 4.90 Å². The molecule has 214 valence electrons. The Morgan fingerprint density at radius 3 is 2.63 bits per heavy atom. The summed E-state index contributed by atoms with van der Waals surface area (Å²) in [5.41, 5.74) is 2.43. The third kappa shape index (κ3) is 5.15. The van der Waals surface area contributed by atoms with Crippen molar-refractivity contribution >= 4 is 50.2 Å². The molecule has 4 aromatic rings. The number of hydrogen-bond donors (Lipinski definition) is 2. The predicted molar refractivity (Wildman–Crippen MR) is 156 cm³/mol. The van der Waals surface area contributed by atoms with Gasteiger partial charge in [0.2, 0.25) is 5.91 Å². The van der Waals surface area contributed by atoms with Crippen LogP contribution in [-0.2, 0) is 20.9 Å². The molecule has 0 spiro atoms. The smallest absolute Gasteiger partial charge is 0.303 e. The molecule has 3 aliphatic rings. The lowest BCUT2D eigenvalue weighted by Crippen LogP contribution is -2.50. The van der Waals surface area contributed by atoms with E-state index >= 15 is 0 Å². The zero-order chi connectivity index (χ0) is 28.0. The second-order valence-electron chi connectivity index (χ2n) is 11.3. The van der Waals surface area contributed by atoms with Crippen LogP contribution in [0.2, 0.25) is 0 Å². The first-order valence-electron chi connectivity index (χ1n) is 14.3. The van der Waals surface area contributed by atoms with Crippen LogP contribution in [0.1, 0.15) is 30.6 Å². The summed E-state index contributed by atoms with van der Waals surface area (Å²) < 4.78 is 6.71. The molecule has 3 aromatic heterocycles. The number of hydrogen-bond acceptors (Lipinski definition) is 9. The van der Waals surface area contributed by atoms with Crippen molar-refractivity contribution in [3.8, 4) is 11.4 Å². The Morgan fingerprint density at radius 1 is 1.07 bits per heavy atom. The maximum absolute atomic E-state index is 13.2. The lowest BCUT2D eigenvalue weighted by Gasteiger charge is -2.36. The number of carboxylic acids is 1. The highest BCUT2D eigenvalue weighted by molar-refractivity contribution is 7.19. The summed E-state index contributed by atoms with van der Waals surface area (Å²) in [6, 6.07) is 8.24. The minimum Gasteiger partial charge on any atom is -0.481 e. The standard InChI is InChI=1S/C29H33N7O4S/c37-24(38)4-5-29(6-7-29)28(39)36-10-8-34(9-11-36)18-19-16-23-25(41-19)27(35-12-14-40-15-13-35)32-26(31-23)20-2-1-3-22-21(20)17-30-33-22/h1-3,16-17H,4-15,18H2,(H,30,33)(H,37,38). The maximum Gasteiger partial charge on any atom is 0.303 e. The van der Waals surface area contributed by atoms with E-state index in [1.807, 2.05) is 29.3 Å². The number of morpholine rings is 1. The first kappa shape index (κ1) is 26.3. The molecule has 11 nitrogen and oxygen atoms in total. The van der Waals surface area contributed by atoms with Crippen LogP contribution in [-0.4, -0.2) is 99.4 Å². The van der Waals surface area contributed by atoms with Gasteiger partial charge in [-0.1, -0.05) is 12.1 Å². The lowest BCUT2D eigenvalue weighted by molar-refractivity contribution is -0.141. The zero-order valence-electron chi connectivity index (χ0n) is 22.8. The number of aromatic nitrogens is 4. The number of carbonyl (C=O) groups excluding carboxylic acids is 1. The van der Waals surface area contributed by atoms with Crippen molar-refractivity contribution in [1.82, 2.24) is 30.0 Å². The largest absolute Gasteiger partial charge is 0.481 e. The molecule has 0 atom stereocenters. The molecule has 3 fully saturated rings. The summed E-state index contributed by atoms with van der Waals surface area (Å²) in [5, 5.41) is 17.3. The van der Waals surface area contributed by atoms with Crippen molar-refractivity contribution < 1.29 is 19.4 Å². The third-order valence-corrected chi connectivity index (χ3v) is 9.71. The number of carbonyl (C=O) groups is 2. The number of rotatable bonds is 8. The number of benzene rings is 1. The summed E-state index contributed by atoms with van der Waals surface area (Å²) in [7, 11) is 0. The second kappa shape index (κ2) is 10.7. The summed E-state index contributed by atoms with van der Waals surface area (Å²) in [4.78, 5) is 42.2. The number of thiophene rings is 1. The summed E-state index contributed by atoms with van der Waals surface area (Å²) in [5.74, 6) is 0.964. The molecule has 5 heterocycles. The monoisotopic (exact) mass is 575 g/mol. The van der Waals surface area contributed by atoms with Gasteiger partial charge in [-0.2, -0.15) is 5.10 Å². The molecule has 12 heteroatoms. The highest BCUT2D eigenvalue weighted by atomic mass is 32.1. The van der Waals surface area contributed by atoms with Gasteiger partial charge in [0.1, 0.15) is 0 Å². The highest BCUT2D eigenvalue weighted by Crippen LogP contribution is 2.51. The Balaban J connectivity index is 1.11. The van der Waals surface area contributed by atoms with Crippen LogP contribution in [0, 0.1) is 5.41 Å². The van der Waals surface area contributed by atoms with Crippen molar-refractivity contribution in [2.24, 2.45) is 5.41 Å². The van der Waals surface area contributed by atoms with E-state index in [1.54, 1.807) is 11.3 Å². The van der Waals surface area contributed by atoms with Gasteiger partial charge in [-0.05, 0) is 31.4 Å². The zero-order valence-corrected chi connectivity index (χ0v) is 23.7. The van der Waals surface area contributed by atoms with Crippen molar-refractivity contribution in [2.45, 2.75) is 32.2 Å². The first-order chi connectivity index (χ1) is 20.0. The number of anilines is 1. The SMILES string of the molecule is O=C(O)CCC1(C(=O)N2CCN(Cc3cc4nc(-c5cccc6[nH]ncc56)nc(N5CCOCC5)c4s3)CC2)CC1. The number of fused-ring (bicyclic) bond motifs is 2. The van der Waals surface area contributed by atoms with E-state index in [0.717, 1.165) is 78.1 Å². The predicted octanol–water partition coefficient (Wildman–Crippen LogP) is 3.36. The van der Waals surface area contributed by atoms with Gasteiger partial charge in [-0.3, -0.25) is 19.6 Å². The van der Waals surface area contributed by atoms with Gasteiger partial charge in [0.25, 0.3) is 0 Å². The topological polar surface area (TPSA) is 128 Å². The minimum absolute atomic E-state index is 0.0614. The quantitative estimate of drug-likeness (QED) is 0.325. The average Bonchev–Trinajstić information content (AvgIpc) is 3.43. The number of piperazine rings is 1. The highest BCUT2D eigenvalue weighted by Gasteiger charge is 2.51. The molecule has 1 aromatic carbocycles. The molecule has 1 amide bonds. The molecular formula is C29H33N7O4S. The van der Waals surface area contributed by atoms with Crippen LogP contribution in [0.4, 0.5) is 5.82 Å². The van der Waals surface area contributed by atoms with E-state index in [1.165, 1.54) is 4.88 Å². The Labute approximate surface area is 241 Å². The molecule has 1 aliphatic carbocycles.